The van der Waals surface area contributed by atoms with E-state index in [2.05, 4.69) is 98.9 Å². The number of nitrogens with two attached hydrogens (primary N) is 1. The highest BCUT2D eigenvalue weighted by Crippen LogP contribution is 2.43. The van der Waals surface area contributed by atoms with E-state index in [0.717, 1.165) is 89.9 Å². The molecule has 0 aliphatic heterocycles. The Kier molecular flexibility index (Phi) is 34.9. The molecule has 0 aromatic heterocycles. The molecule has 0 aliphatic carbocycles. The van der Waals surface area contributed by atoms with Crippen molar-refractivity contribution in [3.8, 4) is 0 Å². The minimum Gasteiger partial charge on any atom is -0.462 e. The summed E-state index contributed by atoms with van der Waals surface area (Å²) in [5, 5.41) is 0. The van der Waals surface area contributed by atoms with Crippen LogP contribution in [0.2, 0.25) is 0 Å². The van der Waals surface area contributed by atoms with Crippen molar-refractivity contribution < 1.29 is 37.6 Å². The van der Waals surface area contributed by atoms with Crippen molar-refractivity contribution in [2.75, 3.05) is 26.4 Å². The Bertz CT molecular complexity index is 1110. The Morgan fingerprint density at radius 2 is 1.02 bits per heavy atom. The Balaban J connectivity index is 4.35. The standard InChI is InChI=1S/C41H68NO8P/c1-3-5-7-9-11-13-15-17-19-21-23-25-27-29-31-33-40(43)47-37-39(38-49-51(45,46)48-36-35-42)50-41(44)34-32-30-28-26-24-22-20-18-16-14-12-10-8-6-4-2/h5-8,11-14,17-20,23,25,39H,3-4,9-10,15-16,21-22,24,26-38,42H2,1-2H3,(H,45,46). The quantitative estimate of drug-likeness (QED) is 0.0287. The maximum Gasteiger partial charge on any atom is 0.472 e. The predicted molar refractivity (Wildman–Crippen MR) is 210 cm³/mol. The van der Waals surface area contributed by atoms with E-state index in [1.54, 1.807) is 0 Å². The van der Waals surface area contributed by atoms with Crippen LogP contribution in [0.15, 0.2) is 85.1 Å². The van der Waals surface area contributed by atoms with Crippen LogP contribution in [0.3, 0.4) is 0 Å². The third kappa shape index (κ3) is 36.8. The molecule has 2 atom stereocenters. The van der Waals surface area contributed by atoms with Crippen LogP contribution >= 0.6 is 7.82 Å². The monoisotopic (exact) mass is 733 g/mol. The first-order valence-corrected chi connectivity index (χ1v) is 20.6. The molecule has 0 bridgehead atoms. The fourth-order valence-corrected chi connectivity index (χ4v) is 5.28. The number of hydrogen-bond donors (Lipinski definition) is 2. The molecule has 10 heteroatoms. The number of esters is 2. The number of hydrogen-bond acceptors (Lipinski definition) is 8. The molecule has 0 aromatic rings. The molecule has 0 fully saturated rings. The normalized spacial score (nSPS) is 14.4. The van der Waals surface area contributed by atoms with Gasteiger partial charge in [0, 0.05) is 19.4 Å². The van der Waals surface area contributed by atoms with Gasteiger partial charge in [-0.15, -0.1) is 0 Å². The molecule has 51 heavy (non-hydrogen) atoms. The summed E-state index contributed by atoms with van der Waals surface area (Å²) in [4.78, 5) is 34.7. The second-order valence-electron chi connectivity index (χ2n) is 12.0. The van der Waals surface area contributed by atoms with E-state index in [9.17, 15) is 19.0 Å². The lowest BCUT2D eigenvalue weighted by Gasteiger charge is -2.19. The molecule has 0 radical (unpaired) electrons. The number of phosphoric ester groups is 1. The molecule has 2 unspecified atom stereocenters. The zero-order valence-corrected chi connectivity index (χ0v) is 32.4. The first kappa shape index (κ1) is 48.2. The van der Waals surface area contributed by atoms with E-state index in [0.29, 0.717) is 12.8 Å². The van der Waals surface area contributed by atoms with Gasteiger partial charge in [0.2, 0.25) is 0 Å². The van der Waals surface area contributed by atoms with Crippen molar-refractivity contribution in [1.29, 1.82) is 0 Å². The van der Waals surface area contributed by atoms with E-state index in [1.165, 1.54) is 0 Å². The zero-order valence-electron chi connectivity index (χ0n) is 31.5. The number of rotatable bonds is 34. The van der Waals surface area contributed by atoms with Crippen LogP contribution in [0, 0.1) is 0 Å². The first-order chi connectivity index (χ1) is 24.8. The lowest BCUT2D eigenvalue weighted by atomic mass is 10.1. The minimum atomic E-state index is -4.39. The number of unbranched alkanes of at least 4 members (excludes halogenated alkanes) is 7. The largest absolute Gasteiger partial charge is 0.472 e. The van der Waals surface area contributed by atoms with Gasteiger partial charge in [0.25, 0.3) is 0 Å². The van der Waals surface area contributed by atoms with E-state index in [-0.39, 0.29) is 32.6 Å². The molecular weight excluding hydrogens is 665 g/mol. The van der Waals surface area contributed by atoms with E-state index < -0.39 is 32.5 Å². The number of carbonyl (C=O) groups excluding carboxylic acids is 2. The van der Waals surface area contributed by atoms with Crippen LogP contribution in [-0.4, -0.2) is 49.3 Å². The van der Waals surface area contributed by atoms with Crippen LogP contribution in [0.5, 0.6) is 0 Å². The fraction of sp³-hybridized carbons (Fsp3) is 0.610. The number of phosphoric acid groups is 1. The van der Waals surface area contributed by atoms with Gasteiger partial charge in [-0.05, 0) is 83.5 Å². The van der Waals surface area contributed by atoms with Crippen molar-refractivity contribution in [1.82, 2.24) is 0 Å². The number of allylic oxidation sites excluding steroid dienone is 14. The van der Waals surface area contributed by atoms with Crippen molar-refractivity contribution in [3.05, 3.63) is 85.1 Å². The zero-order chi connectivity index (χ0) is 37.5. The van der Waals surface area contributed by atoms with Gasteiger partial charge in [0.05, 0.1) is 13.2 Å². The van der Waals surface area contributed by atoms with Gasteiger partial charge >= 0.3 is 19.8 Å². The van der Waals surface area contributed by atoms with E-state index in [1.807, 2.05) is 0 Å². The molecule has 0 saturated carbocycles. The van der Waals surface area contributed by atoms with Gasteiger partial charge < -0.3 is 20.1 Å². The molecule has 0 aliphatic rings. The molecule has 0 aromatic carbocycles. The van der Waals surface area contributed by atoms with Gasteiger partial charge in [-0.25, -0.2) is 4.57 Å². The maximum absolute atomic E-state index is 12.5. The summed E-state index contributed by atoms with van der Waals surface area (Å²) in [6.45, 7) is 3.40. The molecule has 0 heterocycles. The Morgan fingerprint density at radius 3 is 1.55 bits per heavy atom. The lowest BCUT2D eigenvalue weighted by molar-refractivity contribution is -0.161. The van der Waals surface area contributed by atoms with Gasteiger partial charge in [0.1, 0.15) is 6.61 Å². The molecule has 0 amide bonds. The Morgan fingerprint density at radius 1 is 0.588 bits per heavy atom. The Hall–Kier alpha value is -2.81. The van der Waals surface area contributed by atoms with Gasteiger partial charge in [0.15, 0.2) is 6.10 Å². The number of ether oxygens (including phenoxy) is 2. The molecule has 290 valence electrons. The molecule has 3 N–H and O–H groups in total. The molecule has 0 rings (SSSR count). The van der Waals surface area contributed by atoms with Crippen molar-refractivity contribution in [2.45, 2.75) is 136 Å². The van der Waals surface area contributed by atoms with Gasteiger partial charge in [-0.2, -0.15) is 0 Å². The van der Waals surface area contributed by atoms with E-state index >= 15 is 0 Å². The van der Waals surface area contributed by atoms with Crippen LogP contribution in [0.1, 0.15) is 129 Å². The van der Waals surface area contributed by atoms with Gasteiger partial charge in [-0.3, -0.25) is 18.6 Å². The summed E-state index contributed by atoms with van der Waals surface area (Å²) in [7, 11) is -4.39. The summed E-state index contributed by atoms with van der Waals surface area (Å²) in [6, 6.07) is 0. The van der Waals surface area contributed by atoms with Crippen LogP contribution in [0.4, 0.5) is 0 Å². The minimum absolute atomic E-state index is 0.0396. The van der Waals surface area contributed by atoms with E-state index in [4.69, 9.17) is 24.3 Å². The van der Waals surface area contributed by atoms with Crippen molar-refractivity contribution >= 4 is 19.8 Å². The summed E-state index contributed by atoms with van der Waals surface area (Å²) >= 11 is 0. The average Bonchev–Trinajstić information content (AvgIpc) is 3.11. The highest BCUT2D eigenvalue weighted by molar-refractivity contribution is 7.47. The van der Waals surface area contributed by atoms with Crippen molar-refractivity contribution in [2.24, 2.45) is 5.73 Å². The second-order valence-corrected chi connectivity index (χ2v) is 13.5. The summed E-state index contributed by atoms with van der Waals surface area (Å²) in [5.41, 5.74) is 5.33. The predicted octanol–water partition coefficient (Wildman–Crippen LogP) is 10.5. The second kappa shape index (κ2) is 37.0. The fourth-order valence-electron chi connectivity index (χ4n) is 4.52. The van der Waals surface area contributed by atoms with Crippen molar-refractivity contribution in [3.63, 3.8) is 0 Å². The topological polar surface area (TPSA) is 134 Å². The summed E-state index contributed by atoms with van der Waals surface area (Å²) in [5.74, 6) is -0.909. The third-order valence-electron chi connectivity index (χ3n) is 7.28. The highest BCUT2D eigenvalue weighted by Gasteiger charge is 2.25. The summed E-state index contributed by atoms with van der Waals surface area (Å²) in [6.07, 6.45) is 44.7. The van der Waals surface area contributed by atoms with Gasteiger partial charge in [-0.1, -0.05) is 118 Å². The third-order valence-corrected chi connectivity index (χ3v) is 8.26. The average molecular weight is 734 g/mol. The maximum atomic E-state index is 12.5. The molecular formula is C41H68NO8P. The van der Waals surface area contributed by atoms with Crippen LogP contribution in [-0.2, 0) is 32.7 Å². The van der Waals surface area contributed by atoms with Crippen LogP contribution < -0.4 is 5.73 Å². The smallest absolute Gasteiger partial charge is 0.462 e. The molecule has 0 saturated heterocycles. The SMILES string of the molecule is CCC=CCC=CCC=CCC=CCCCCC(=O)OCC(COP(=O)(O)OCCN)OC(=O)CCCCCCCC=CCC=CCC=CCC. The Labute approximate surface area is 309 Å². The summed E-state index contributed by atoms with van der Waals surface area (Å²) < 4.78 is 32.6. The first-order valence-electron chi connectivity index (χ1n) is 19.1. The number of carbonyl (C=O) groups is 2. The lowest BCUT2D eigenvalue weighted by Crippen LogP contribution is -2.29. The molecule has 9 nitrogen and oxygen atoms in total. The molecule has 0 spiro atoms. The highest BCUT2D eigenvalue weighted by atomic mass is 31.2. The van der Waals surface area contributed by atoms with Crippen LogP contribution in [0.25, 0.3) is 0 Å².